The summed E-state index contributed by atoms with van der Waals surface area (Å²) in [5, 5.41) is 12.3. The van der Waals surface area contributed by atoms with Crippen molar-refractivity contribution < 1.29 is 14.3 Å². The number of anilines is 1. The Morgan fingerprint density at radius 2 is 1.70 bits per heavy atom. The van der Waals surface area contributed by atoms with Gasteiger partial charge < -0.3 is 9.47 Å². The lowest BCUT2D eigenvalue weighted by atomic mass is 10.1. The number of benzene rings is 2. The Bertz CT molecular complexity index is 878. The highest BCUT2D eigenvalue weighted by atomic mass is 32.2. The fourth-order valence-electron chi connectivity index (χ4n) is 2.43. The summed E-state index contributed by atoms with van der Waals surface area (Å²) in [6.45, 7) is 0. The predicted molar refractivity (Wildman–Crippen MR) is 109 cm³/mol. The van der Waals surface area contributed by atoms with Crippen molar-refractivity contribution in [3.05, 3.63) is 64.7 Å². The maximum absolute atomic E-state index is 12.6. The fraction of sp³-hybridized carbons (Fsp3) is 0.211. The highest BCUT2D eigenvalue weighted by Crippen LogP contribution is 2.30. The van der Waals surface area contributed by atoms with Gasteiger partial charge in [0.15, 0.2) is 0 Å². The summed E-state index contributed by atoms with van der Waals surface area (Å²) in [4.78, 5) is 12.6. The number of nitrogens with zero attached hydrogens (tertiary/aromatic N) is 2. The van der Waals surface area contributed by atoms with E-state index in [1.54, 1.807) is 30.0 Å². The molecule has 0 aliphatic carbocycles. The molecule has 0 aliphatic heterocycles. The number of amides is 1. The first-order valence-corrected chi connectivity index (χ1v) is 10.1. The Labute approximate surface area is 165 Å². The summed E-state index contributed by atoms with van der Waals surface area (Å²) in [7, 11) is 3.02. The highest BCUT2D eigenvalue weighted by molar-refractivity contribution is 7.97. The molecule has 27 heavy (non-hydrogen) atoms. The number of ether oxygens (including phenoxy) is 2. The van der Waals surface area contributed by atoms with Gasteiger partial charge in [-0.25, -0.2) is 0 Å². The molecular weight excluding hydrogens is 382 g/mol. The summed E-state index contributed by atoms with van der Waals surface area (Å²) in [5.74, 6) is 2.18. The standard InChI is InChI=1S/C19H19N3O3S2/c1-24-14-9-6-10-15(25-2)17(14)18(23)20-19-22-21-16(27-19)12-26-11-13-7-4-3-5-8-13/h3-10H,11-12H2,1-2H3,(H,20,22,23). The van der Waals surface area contributed by atoms with Gasteiger partial charge in [0.25, 0.3) is 5.91 Å². The normalized spacial score (nSPS) is 10.4. The maximum atomic E-state index is 12.6. The van der Waals surface area contributed by atoms with E-state index >= 15 is 0 Å². The van der Waals surface area contributed by atoms with Gasteiger partial charge in [0.2, 0.25) is 5.13 Å². The van der Waals surface area contributed by atoms with Crippen molar-refractivity contribution in [3.8, 4) is 11.5 Å². The molecule has 1 amide bonds. The lowest BCUT2D eigenvalue weighted by Crippen LogP contribution is -2.14. The fourth-order valence-corrected chi connectivity index (χ4v) is 4.21. The van der Waals surface area contributed by atoms with Crippen molar-refractivity contribution in [1.82, 2.24) is 10.2 Å². The molecule has 1 heterocycles. The first kappa shape index (κ1) is 19.2. The minimum atomic E-state index is -0.344. The minimum absolute atomic E-state index is 0.331. The zero-order chi connectivity index (χ0) is 19.1. The number of hydrogen-bond donors (Lipinski definition) is 1. The van der Waals surface area contributed by atoms with Crippen molar-refractivity contribution in [2.24, 2.45) is 0 Å². The smallest absolute Gasteiger partial charge is 0.265 e. The molecule has 8 heteroatoms. The molecule has 0 spiro atoms. The van der Waals surface area contributed by atoms with Crippen LogP contribution in [0.3, 0.4) is 0 Å². The van der Waals surface area contributed by atoms with E-state index in [4.69, 9.17) is 9.47 Å². The van der Waals surface area contributed by atoms with E-state index in [0.717, 1.165) is 16.5 Å². The maximum Gasteiger partial charge on any atom is 0.265 e. The van der Waals surface area contributed by atoms with Crippen LogP contribution in [-0.4, -0.2) is 30.3 Å². The van der Waals surface area contributed by atoms with Crippen LogP contribution in [0.2, 0.25) is 0 Å². The summed E-state index contributed by atoms with van der Waals surface area (Å²) < 4.78 is 10.5. The molecule has 0 saturated carbocycles. The average Bonchev–Trinajstić information content (AvgIpc) is 3.15. The van der Waals surface area contributed by atoms with Gasteiger partial charge in [0.1, 0.15) is 22.1 Å². The summed E-state index contributed by atoms with van der Waals surface area (Å²) in [6, 6.07) is 15.4. The molecule has 0 fully saturated rings. The summed E-state index contributed by atoms with van der Waals surface area (Å²) in [6.07, 6.45) is 0. The van der Waals surface area contributed by atoms with Crippen LogP contribution in [0.15, 0.2) is 48.5 Å². The van der Waals surface area contributed by atoms with Crippen LogP contribution in [0.5, 0.6) is 11.5 Å². The number of thioether (sulfide) groups is 1. The zero-order valence-electron chi connectivity index (χ0n) is 15.0. The van der Waals surface area contributed by atoms with Crippen molar-refractivity contribution in [3.63, 3.8) is 0 Å². The lowest BCUT2D eigenvalue weighted by molar-refractivity contribution is 0.102. The third-order valence-electron chi connectivity index (χ3n) is 3.68. The Morgan fingerprint density at radius 3 is 2.37 bits per heavy atom. The monoisotopic (exact) mass is 401 g/mol. The van der Waals surface area contributed by atoms with Crippen LogP contribution in [0, 0.1) is 0 Å². The SMILES string of the molecule is COc1cccc(OC)c1C(=O)Nc1nnc(CSCc2ccccc2)s1. The highest BCUT2D eigenvalue weighted by Gasteiger charge is 2.19. The van der Waals surface area contributed by atoms with Gasteiger partial charge in [-0.3, -0.25) is 10.1 Å². The van der Waals surface area contributed by atoms with E-state index in [1.165, 1.54) is 31.1 Å². The Morgan fingerprint density at radius 1 is 1.00 bits per heavy atom. The van der Waals surface area contributed by atoms with E-state index in [2.05, 4.69) is 27.6 Å². The molecule has 1 aromatic heterocycles. The average molecular weight is 402 g/mol. The van der Waals surface area contributed by atoms with E-state index in [9.17, 15) is 4.79 Å². The molecule has 3 rings (SSSR count). The second kappa shape index (κ2) is 9.38. The van der Waals surface area contributed by atoms with Crippen LogP contribution >= 0.6 is 23.1 Å². The van der Waals surface area contributed by atoms with Crippen molar-refractivity contribution in [1.29, 1.82) is 0 Å². The molecule has 2 aromatic carbocycles. The summed E-state index contributed by atoms with van der Waals surface area (Å²) in [5.41, 5.74) is 1.60. The molecule has 0 bridgehead atoms. The zero-order valence-corrected chi connectivity index (χ0v) is 16.6. The third-order valence-corrected chi connectivity index (χ3v) is 5.72. The number of carbonyl (C=O) groups excluding carboxylic acids is 1. The number of hydrogen-bond acceptors (Lipinski definition) is 7. The largest absolute Gasteiger partial charge is 0.496 e. The molecule has 0 unspecified atom stereocenters. The van der Waals surface area contributed by atoms with E-state index in [0.29, 0.717) is 22.2 Å². The topological polar surface area (TPSA) is 73.3 Å². The number of carbonyl (C=O) groups is 1. The number of nitrogens with one attached hydrogen (secondary N) is 1. The quantitative estimate of drug-likeness (QED) is 0.609. The number of aromatic nitrogens is 2. The molecule has 0 saturated heterocycles. The van der Waals surface area contributed by atoms with Crippen LogP contribution in [0.1, 0.15) is 20.9 Å². The van der Waals surface area contributed by atoms with Gasteiger partial charge in [-0.2, -0.15) is 0 Å². The first-order valence-electron chi connectivity index (χ1n) is 8.17. The van der Waals surface area contributed by atoms with Crippen molar-refractivity contribution in [2.45, 2.75) is 11.5 Å². The van der Waals surface area contributed by atoms with Gasteiger partial charge in [-0.15, -0.1) is 22.0 Å². The van der Waals surface area contributed by atoms with Crippen LogP contribution in [0.4, 0.5) is 5.13 Å². The summed E-state index contributed by atoms with van der Waals surface area (Å²) >= 11 is 3.12. The van der Waals surface area contributed by atoms with Crippen LogP contribution in [-0.2, 0) is 11.5 Å². The van der Waals surface area contributed by atoms with Gasteiger partial charge in [-0.05, 0) is 17.7 Å². The number of methoxy groups -OCH3 is 2. The second-order valence-electron chi connectivity index (χ2n) is 5.47. The molecule has 6 nitrogen and oxygen atoms in total. The van der Waals surface area contributed by atoms with E-state index in [-0.39, 0.29) is 5.91 Å². The van der Waals surface area contributed by atoms with Gasteiger partial charge >= 0.3 is 0 Å². The van der Waals surface area contributed by atoms with Gasteiger partial charge in [0.05, 0.1) is 14.2 Å². The Balaban J connectivity index is 1.61. The molecule has 140 valence electrons. The minimum Gasteiger partial charge on any atom is -0.496 e. The van der Waals surface area contributed by atoms with Gasteiger partial charge in [0, 0.05) is 11.5 Å². The van der Waals surface area contributed by atoms with E-state index < -0.39 is 0 Å². The van der Waals surface area contributed by atoms with Gasteiger partial charge in [-0.1, -0.05) is 47.7 Å². The van der Waals surface area contributed by atoms with Crippen molar-refractivity contribution in [2.75, 3.05) is 19.5 Å². The lowest BCUT2D eigenvalue weighted by Gasteiger charge is -2.11. The Hall–Kier alpha value is -2.58. The van der Waals surface area contributed by atoms with E-state index in [1.807, 2.05) is 18.2 Å². The number of rotatable bonds is 8. The van der Waals surface area contributed by atoms with Crippen LogP contribution < -0.4 is 14.8 Å². The predicted octanol–water partition coefficient (Wildman–Crippen LogP) is 4.24. The van der Waals surface area contributed by atoms with Crippen LogP contribution in [0.25, 0.3) is 0 Å². The molecule has 1 N–H and O–H groups in total. The Kier molecular flexibility index (Phi) is 6.67. The molecule has 0 radical (unpaired) electrons. The molecule has 0 atom stereocenters. The molecule has 3 aromatic rings. The molecule has 0 aliphatic rings. The molecular formula is C19H19N3O3S2. The second-order valence-corrected chi connectivity index (χ2v) is 7.52. The third kappa shape index (κ3) is 4.99. The van der Waals surface area contributed by atoms with Crippen molar-refractivity contribution >= 4 is 34.1 Å². The first-order chi connectivity index (χ1) is 13.2.